The number of rotatable bonds is 18. The number of nitrogens with one attached hydrogen (secondary N) is 2. The van der Waals surface area contributed by atoms with E-state index in [0.29, 0.717) is 77.0 Å². The number of hydrogen-bond acceptors (Lipinski definition) is 16. The van der Waals surface area contributed by atoms with Gasteiger partial charge in [-0.05, 0) is 184 Å². The number of ether oxygens (including phenoxy) is 8. The lowest BCUT2D eigenvalue weighted by molar-refractivity contribution is -0.224. The second-order valence-corrected chi connectivity index (χ2v) is 28.8. The maximum Gasteiger partial charge on any atom is 0.407 e. The van der Waals surface area contributed by atoms with Crippen LogP contribution in [0.5, 0.6) is 0 Å². The minimum absolute atomic E-state index is 0.0699. The molecule has 8 aliphatic rings. The summed E-state index contributed by atoms with van der Waals surface area (Å²) in [7, 11) is 2.82. The molecule has 18 nitrogen and oxygen atoms in total. The van der Waals surface area contributed by atoms with Gasteiger partial charge in [-0.3, -0.25) is 28.8 Å². The van der Waals surface area contributed by atoms with E-state index in [1.165, 1.54) is 41.9 Å². The Morgan fingerprint density at radius 3 is 1.24 bits per heavy atom. The number of fused-ring (bicyclic) bond motifs is 10. The second kappa shape index (κ2) is 26.3. The van der Waals surface area contributed by atoms with Gasteiger partial charge in [-0.15, -0.1) is 0 Å². The number of carbonyl (C=O) groups excluding carboxylic acids is 8. The van der Waals surface area contributed by atoms with Crippen LogP contribution in [0.15, 0.2) is 24.3 Å². The summed E-state index contributed by atoms with van der Waals surface area (Å²) in [6.07, 6.45) is 9.42. The van der Waals surface area contributed by atoms with Gasteiger partial charge in [-0.1, -0.05) is 65.8 Å². The Bertz CT molecular complexity index is 2510. The predicted octanol–water partition coefficient (Wildman–Crippen LogP) is 11.5. The van der Waals surface area contributed by atoms with Crippen molar-refractivity contribution in [3.05, 3.63) is 35.4 Å². The summed E-state index contributed by atoms with van der Waals surface area (Å²) in [4.78, 5) is 103. The van der Waals surface area contributed by atoms with E-state index in [-0.39, 0.29) is 178 Å². The minimum Gasteiger partial charge on any atom is -0.469 e. The lowest BCUT2D eigenvalue weighted by Crippen LogP contribution is -2.63. The van der Waals surface area contributed by atoms with Gasteiger partial charge in [-0.2, -0.15) is 0 Å². The van der Waals surface area contributed by atoms with Crippen molar-refractivity contribution < 1.29 is 76.3 Å². The van der Waals surface area contributed by atoms with Gasteiger partial charge in [0.15, 0.2) is 0 Å². The van der Waals surface area contributed by atoms with Crippen LogP contribution in [-0.4, -0.2) is 98.8 Å². The molecule has 1 aromatic rings. The molecule has 0 radical (unpaired) electrons. The van der Waals surface area contributed by atoms with E-state index in [1.807, 2.05) is 24.3 Å². The highest BCUT2D eigenvalue weighted by molar-refractivity contribution is 5.70. The first-order valence-electron chi connectivity index (χ1n) is 32.5. The van der Waals surface area contributed by atoms with Gasteiger partial charge in [0, 0.05) is 76.3 Å². The molecular formula is C68H100N2O16. The molecule has 1 aromatic carbocycles. The third-order valence-electron chi connectivity index (χ3n) is 24.6. The Hall–Kier alpha value is -5.42. The molecule has 0 aliphatic heterocycles. The Morgan fingerprint density at radius 1 is 0.500 bits per heavy atom. The standard InChI is InChI=1S/C68H100N2O16/c1-37(16-22-59(75)79-11)49-18-20-51-61-53(33-57(67(49,51)9)83-41(5)73)65(7)26-24-47(29-45(65)31-55(61)81-39(3)71)85-63(77)69-35-43-14-13-15-44(28-43)36-70-64(78)86-48-25-27-66(8)46(30-48)32-56(82-40(4)72)62-52-21-19-50(38(2)17-23-60(76)80-12)68(52,10)58(34-54(62)66)84-42(6)74/h13-15,28,37-38,45-58,61-62H,16-27,29-36H2,1-12H3,(H,69,77)(H,70,78)/t37-,38-,45+,46+,47-,48-,49-,50-,51+,52+,53+,54+,55-,56-,57+,58+,61+,62+,65+,66+,67-,68-/m1/s1. The average molecular weight is 1200 g/mol. The summed E-state index contributed by atoms with van der Waals surface area (Å²) in [5, 5.41) is 5.91. The summed E-state index contributed by atoms with van der Waals surface area (Å²) in [6.45, 7) is 19.9. The third-order valence-corrected chi connectivity index (χ3v) is 24.6. The average Bonchev–Trinajstić information content (AvgIpc) is 1.29. The van der Waals surface area contributed by atoms with E-state index in [9.17, 15) is 38.4 Å². The van der Waals surface area contributed by atoms with E-state index in [2.05, 4.69) is 52.2 Å². The van der Waals surface area contributed by atoms with Crippen molar-refractivity contribution in [1.29, 1.82) is 0 Å². The van der Waals surface area contributed by atoms with E-state index in [0.717, 1.165) is 49.7 Å². The van der Waals surface area contributed by atoms with Gasteiger partial charge in [-0.25, -0.2) is 9.59 Å². The van der Waals surface area contributed by atoms with Gasteiger partial charge in [0.1, 0.15) is 36.6 Å². The lowest BCUT2D eigenvalue weighted by atomic mass is 9.43. The Labute approximate surface area is 509 Å². The molecule has 0 spiro atoms. The zero-order valence-electron chi connectivity index (χ0n) is 53.4. The van der Waals surface area contributed by atoms with Crippen molar-refractivity contribution in [3.63, 3.8) is 0 Å². The molecule has 0 saturated heterocycles. The number of esters is 6. The molecule has 18 heteroatoms. The quantitative estimate of drug-likeness (QED) is 0.103. The number of hydrogen-bond donors (Lipinski definition) is 2. The summed E-state index contributed by atoms with van der Waals surface area (Å²) in [5.74, 6) is -0.142. The van der Waals surface area contributed by atoms with Crippen LogP contribution in [-0.2, 0) is 79.8 Å². The maximum atomic E-state index is 13.6. The van der Waals surface area contributed by atoms with Gasteiger partial charge in [0.25, 0.3) is 0 Å². The molecule has 2 amide bonds. The normalized spacial score (nSPS) is 39.0. The molecule has 86 heavy (non-hydrogen) atoms. The predicted molar refractivity (Wildman–Crippen MR) is 316 cm³/mol. The number of amides is 2. The molecule has 22 atom stereocenters. The van der Waals surface area contributed by atoms with Crippen LogP contribution in [0.1, 0.15) is 196 Å². The monoisotopic (exact) mass is 1200 g/mol. The second-order valence-electron chi connectivity index (χ2n) is 28.8. The van der Waals surface area contributed by atoms with Gasteiger partial charge in [0.05, 0.1) is 14.2 Å². The molecule has 8 saturated carbocycles. The summed E-state index contributed by atoms with van der Waals surface area (Å²) in [6, 6.07) is 7.64. The summed E-state index contributed by atoms with van der Waals surface area (Å²) >= 11 is 0. The van der Waals surface area contributed by atoms with Crippen LogP contribution in [0.4, 0.5) is 9.59 Å². The van der Waals surface area contributed by atoms with Crippen LogP contribution in [0.3, 0.4) is 0 Å². The molecule has 0 heterocycles. The molecule has 0 bridgehead atoms. The van der Waals surface area contributed by atoms with Crippen LogP contribution in [0, 0.1) is 92.7 Å². The van der Waals surface area contributed by atoms with Crippen molar-refractivity contribution in [2.75, 3.05) is 14.2 Å². The highest BCUT2D eigenvalue weighted by Gasteiger charge is 2.70. The van der Waals surface area contributed by atoms with Crippen molar-refractivity contribution >= 4 is 48.0 Å². The molecule has 0 aromatic heterocycles. The van der Waals surface area contributed by atoms with Crippen LogP contribution in [0.25, 0.3) is 0 Å². The first kappa shape index (κ1) is 65.0. The summed E-state index contributed by atoms with van der Waals surface area (Å²) < 4.78 is 47.5. The molecule has 2 N–H and O–H groups in total. The van der Waals surface area contributed by atoms with Crippen LogP contribution in [0.2, 0.25) is 0 Å². The number of benzene rings is 1. The van der Waals surface area contributed by atoms with E-state index in [1.54, 1.807) is 0 Å². The van der Waals surface area contributed by atoms with Crippen LogP contribution >= 0.6 is 0 Å². The molecule has 9 rings (SSSR count). The lowest BCUT2D eigenvalue weighted by Gasteiger charge is -2.64. The highest BCUT2D eigenvalue weighted by atomic mass is 16.6. The SMILES string of the molecule is COC(=O)CC[C@@H](C)[C@H]1CC[C@H]2[C@@H]3[C@H](OC(C)=O)C[C@@H]4C[C@H](OC(=O)NCc5cccc(CNC(=O)O[C@@H]6CC[C@@]7(C)[C@@H](C6)C[C@@H](OC(C)=O)[C@@H]6[C@@H]7C[C@H](OC(C)=O)[C@]7(C)[C@@H]([C@H](C)CCC(=O)OC)CC[C@@H]67)c5)CC[C@]4(C)[C@H]3C[C@H](OC(C)=O)[C@]12C. The minimum atomic E-state index is -0.522. The molecule has 0 unspecified atom stereocenters. The number of methoxy groups -OCH3 is 2. The Kier molecular flexibility index (Phi) is 19.9. The fourth-order valence-corrected chi connectivity index (χ4v) is 20.6. The van der Waals surface area contributed by atoms with Gasteiger partial charge >= 0.3 is 48.0 Å². The smallest absolute Gasteiger partial charge is 0.407 e. The van der Waals surface area contributed by atoms with E-state index >= 15 is 0 Å². The number of carbonyl (C=O) groups is 8. The fourth-order valence-electron chi connectivity index (χ4n) is 20.6. The Morgan fingerprint density at radius 2 is 0.884 bits per heavy atom. The number of alkyl carbamates (subject to hydrolysis) is 2. The largest absolute Gasteiger partial charge is 0.469 e. The molecule has 8 fully saturated rings. The third kappa shape index (κ3) is 13.0. The van der Waals surface area contributed by atoms with Crippen LogP contribution < -0.4 is 10.6 Å². The maximum absolute atomic E-state index is 13.6. The van der Waals surface area contributed by atoms with Crippen molar-refractivity contribution in [2.45, 2.75) is 235 Å². The fraction of sp³-hybridized carbons (Fsp3) is 0.794. The van der Waals surface area contributed by atoms with Crippen molar-refractivity contribution in [1.82, 2.24) is 10.6 Å². The van der Waals surface area contributed by atoms with Gasteiger partial charge < -0.3 is 48.5 Å². The Balaban J connectivity index is 0.782. The zero-order valence-corrected chi connectivity index (χ0v) is 53.4. The van der Waals surface area contributed by atoms with E-state index in [4.69, 9.17) is 37.9 Å². The van der Waals surface area contributed by atoms with Gasteiger partial charge in [0.2, 0.25) is 0 Å². The topological polar surface area (TPSA) is 234 Å². The van der Waals surface area contributed by atoms with Crippen molar-refractivity contribution in [2.24, 2.45) is 92.7 Å². The molecular weight excluding hydrogens is 1100 g/mol. The summed E-state index contributed by atoms with van der Waals surface area (Å²) in [5.41, 5.74) is 0.568. The first-order chi connectivity index (χ1) is 40.7. The van der Waals surface area contributed by atoms with Crippen molar-refractivity contribution in [3.8, 4) is 0 Å². The first-order valence-corrected chi connectivity index (χ1v) is 32.5. The molecule has 8 aliphatic carbocycles. The molecule has 478 valence electrons. The zero-order chi connectivity index (χ0) is 62.2. The van der Waals surface area contributed by atoms with E-state index < -0.39 is 12.2 Å². The highest BCUT2D eigenvalue weighted by Crippen LogP contribution is 2.71.